The highest BCUT2D eigenvalue weighted by Gasteiger charge is 2.84. The summed E-state index contributed by atoms with van der Waals surface area (Å²) in [6.07, 6.45) is 0.106. The molecule has 2 fully saturated rings. The number of primary amides is 1. The van der Waals surface area contributed by atoms with Crippen molar-refractivity contribution >= 4 is 23.4 Å². The molecule has 1 spiro atoms. The third-order valence-corrected chi connectivity index (χ3v) is 8.20. The molecule has 39 heavy (non-hydrogen) atoms. The number of aliphatic hydroxyl groups is 3. The fourth-order valence-electron chi connectivity index (χ4n) is 6.62. The number of phenolic OH excluding ortho intramolecular Hbond substituents is 1. The molecule has 1 heterocycles. The summed E-state index contributed by atoms with van der Waals surface area (Å²) < 4.78 is 10.8. The first kappa shape index (κ1) is 25.1. The third kappa shape index (κ3) is 3.31. The van der Waals surface area contributed by atoms with E-state index in [1.54, 1.807) is 44.2 Å². The second-order valence-electron chi connectivity index (χ2n) is 10.8. The predicted molar refractivity (Wildman–Crippen MR) is 136 cm³/mol. The van der Waals surface area contributed by atoms with E-state index in [2.05, 4.69) is 0 Å². The summed E-state index contributed by atoms with van der Waals surface area (Å²) in [4.78, 5) is 38.3. The number of ether oxygens (including phenoxy) is 2. The summed E-state index contributed by atoms with van der Waals surface area (Å²) >= 11 is 0. The molecule has 202 valence electrons. The molecule has 1 saturated carbocycles. The number of aromatic hydroxyl groups is 1. The zero-order valence-corrected chi connectivity index (χ0v) is 21.2. The molecule has 2 aromatic rings. The Balaban J connectivity index is 1.45. The highest BCUT2D eigenvalue weighted by atomic mass is 16.8. The van der Waals surface area contributed by atoms with Crippen LogP contribution in [0.2, 0.25) is 0 Å². The number of esters is 1. The molecular weight excluding hydrogens is 506 g/mol. The minimum Gasteiger partial charge on any atom is -0.512 e. The maximum atomic E-state index is 13.8. The van der Waals surface area contributed by atoms with Crippen LogP contribution in [0.3, 0.4) is 0 Å². The fraction of sp³-hybridized carbons (Fsp3) is 0.345. The molecule has 1 saturated heterocycles. The molecule has 0 bridgehead atoms. The summed E-state index contributed by atoms with van der Waals surface area (Å²) in [6, 6.07) is 9.89. The number of epoxide rings is 1. The zero-order chi connectivity index (χ0) is 28.0. The molecule has 10 heteroatoms. The molecule has 10 nitrogen and oxygen atoms in total. The summed E-state index contributed by atoms with van der Waals surface area (Å²) in [5.41, 5.74) is 5.26. The van der Waals surface area contributed by atoms with Crippen LogP contribution in [-0.4, -0.2) is 55.6 Å². The first-order valence-corrected chi connectivity index (χ1v) is 12.7. The molecule has 4 aliphatic rings. The zero-order valence-electron chi connectivity index (χ0n) is 21.2. The molecule has 4 atom stereocenters. The number of Topliss-reactive ketones (excluding diaryl/α,β-unsaturated/α-hetero) is 1. The molecule has 1 unspecified atom stereocenters. The van der Waals surface area contributed by atoms with Gasteiger partial charge in [0.25, 0.3) is 5.91 Å². The second kappa shape index (κ2) is 8.17. The lowest BCUT2D eigenvalue weighted by Crippen LogP contribution is -2.53. The van der Waals surface area contributed by atoms with Gasteiger partial charge in [0.2, 0.25) is 11.6 Å². The normalized spacial score (nSPS) is 28.9. The summed E-state index contributed by atoms with van der Waals surface area (Å²) in [5.74, 6) is -6.97. The highest BCUT2D eigenvalue weighted by molar-refractivity contribution is 6.14. The van der Waals surface area contributed by atoms with E-state index in [-0.39, 0.29) is 42.3 Å². The lowest BCUT2D eigenvalue weighted by atomic mass is 9.60. The van der Waals surface area contributed by atoms with Gasteiger partial charge in [0.05, 0.1) is 17.2 Å². The van der Waals surface area contributed by atoms with Crippen LogP contribution in [-0.2, 0) is 25.5 Å². The van der Waals surface area contributed by atoms with Gasteiger partial charge >= 0.3 is 5.97 Å². The van der Waals surface area contributed by atoms with Gasteiger partial charge in [-0.1, -0.05) is 18.2 Å². The second-order valence-corrected chi connectivity index (χ2v) is 10.8. The Morgan fingerprint density at radius 2 is 1.87 bits per heavy atom. The van der Waals surface area contributed by atoms with E-state index in [1.807, 2.05) is 0 Å². The Hall–Kier alpha value is -4.15. The topological polar surface area (TPSA) is 180 Å². The van der Waals surface area contributed by atoms with E-state index in [1.165, 1.54) is 6.07 Å². The van der Waals surface area contributed by atoms with Gasteiger partial charge in [0.1, 0.15) is 22.8 Å². The van der Waals surface area contributed by atoms with Gasteiger partial charge in [-0.05, 0) is 67.5 Å². The quantitative estimate of drug-likeness (QED) is 0.292. The van der Waals surface area contributed by atoms with Crippen molar-refractivity contribution in [1.29, 1.82) is 0 Å². The molecular formula is C29H27NO9. The van der Waals surface area contributed by atoms with E-state index in [4.69, 9.17) is 15.2 Å². The van der Waals surface area contributed by atoms with E-state index in [9.17, 15) is 34.8 Å². The summed E-state index contributed by atoms with van der Waals surface area (Å²) in [5, 5.41) is 43.7. The molecule has 1 aliphatic heterocycles. The average Bonchev–Trinajstić information content (AvgIpc) is 3.49. The van der Waals surface area contributed by atoms with Crippen LogP contribution >= 0.6 is 0 Å². The standard InChI is InChI=1S/C29H27NO9/c1-12(2)38-27(36)14-5-3-4-13(8-14)17-6-7-19(31)22-18(17)10-15-9-16-11-20(32)23(26(30)35)29(37)28(16,39-29)25(34)21(15)24(22)33/h3-8,12,15-16,31-33,37H,9-11H2,1-2H3,(H2,30,35)/t15-,16+,28+,29?/m1/s1. The Morgan fingerprint density at radius 3 is 2.56 bits per heavy atom. The van der Waals surface area contributed by atoms with Gasteiger partial charge in [-0.3, -0.25) is 9.59 Å². The number of carbonyl (C=O) groups excluding carboxylic acids is 3. The van der Waals surface area contributed by atoms with Crippen molar-refractivity contribution in [3.05, 3.63) is 70.0 Å². The first-order valence-electron chi connectivity index (χ1n) is 12.7. The largest absolute Gasteiger partial charge is 0.512 e. The lowest BCUT2D eigenvalue weighted by molar-refractivity contribution is -0.126. The number of phenols is 1. The van der Waals surface area contributed by atoms with Crippen LogP contribution in [0.25, 0.3) is 16.9 Å². The number of hydrogen-bond acceptors (Lipinski definition) is 9. The number of aliphatic hydroxyl groups excluding tert-OH is 2. The maximum absolute atomic E-state index is 13.8. The van der Waals surface area contributed by atoms with Crippen molar-refractivity contribution in [3.8, 4) is 16.9 Å². The van der Waals surface area contributed by atoms with Crippen LogP contribution in [0, 0.1) is 11.8 Å². The van der Waals surface area contributed by atoms with Crippen LogP contribution in [0.5, 0.6) is 5.75 Å². The van der Waals surface area contributed by atoms with Gasteiger partial charge < -0.3 is 35.6 Å². The van der Waals surface area contributed by atoms with E-state index < -0.39 is 58.0 Å². The van der Waals surface area contributed by atoms with Gasteiger partial charge in [0.15, 0.2) is 5.60 Å². The number of hydrogen-bond donors (Lipinski definition) is 5. The monoisotopic (exact) mass is 533 g/mol. The molecule has 0 radical (unpaired) electrons. The first-order chi connectivity index (χ1) is 18.4. The van der Waals surface area contributed by atoms with Crippen molar-refractivity contribution in [2.75, 3.05) is 0 Å². The van der Waals surface area contributed by atoms with Gasteiger partial charge in [0, 0.05) is 17.9 Å². The third-order valence-electron chi connectivity index (χ3n) is 8.20. The minimum absolute atomic E-state index is 0.0124. The SMILES string of the molecule is CC(C)OC(=O)c1cccc(-c2ccc(O)c3c2C[C@H]2C[C@H]4CC(O)=C(C(N)=O)C5(O)O[C@]45C(=O)C2=C3O)c1. The Kier molecular flexibility index (Phi) is 5.27. The predicted octanol–water partition coefficient (Wildman–Crippen LogP) is 2.81. The van der Waals surface area contributed by atoms with E-state index in [0.29, 0.717) is 22.3 Å². The van der Waals surface area contributed by atoms with Crippen LogP contribution < -0.4 is 5.73 Å². The molecule has 2 aromatic carbocycles. The van der Waals surface area contributed by atoms with Gasteiger partial charge in [-0.15, -0.1) is 0 Å². The highest BCUT2D eigenvalue weighted by Crippen LogP contribution is 2.66. The van der Waals surface area contributed by atoms with Crippen molar-refractivity contribution in [3.63, 3.8) is 0 Å². The van der Waals surface area contributed by atoms with Crippen molar-refractivity contribution in [2.24, 2.45) is 17.6 Å². The average molecular weight is 534 g/mol. The Labute approximate surface area is 223 Å². The minimum atomic E-state index is -2.38. The van der Waals surface area contributed by atoms with Crippen LogP contribution in [0.4, 0.5) is 0 Å². The number of nitrogens with two attached hydrogens (primary N) is 1. The van der Waals surface area contributed by atoms with Crippen molar-refractivity contribution in [2.45, 2.75) is 50.6 Å². The number of fused-ring (bicyclic) bond motifs is 2. The van der Waals surface area contributed by atoms with Gasteiger partial charge in [-0.2, -0.15) is 0 Å². The Morgan fingerprint density at radius 1 is 1.13 bits per heavy atom. The van der Waals surface area contributed by atoms with Crippen LogP contribution in [0.1, 0.15) is 48.2 Å². The maximum Gasteiger partial charge on any atom is 0.338 e. The summed E-state index contributed by atoms with van der Waals surface area (Å²) in [7, 11) is 0. The lowest BCUT2D eigenvalue weighted by Gasteiger charge is -2.41. The van der Waals surface area contributed by atoms with Crippen molar-refractivity contribution in [1.82, 2.24) is 0 Å². The number of benzene rings is 2. The number of allylic oxidation sites excluding steroid dienone is 1. The molecule has 0 aromatic heterocycles. The smallest absolute Gasteiger partial charge is 0.338 e. The Bertz CT molecular complexity index is 1550. The molecule has 1 amide bonds. The number of carbonyl (C=O) groups is 3. The number of amides is 1. The van der Waals surface area contributed by atoms with E-state index in [0.717, 1.165) is 0 Å². The van der Waals surface area contributed by atoms with Crippen molar-refractivity contribution < 1.29 is 44.3 Å². The fourth-order valence-corrected chi connectivity index (χ4v) is 6.62. The molecule has 3 aliphatic carbocycles. The van der Waals surface area contributed by atoms with Gasteiger partial charge in [-0.25, -0.2) is 4.79 Å². The number of rotatable bonds is 4. The number of ketones is 1. The van der Waals surface area contributed by atoms with Crippen LogP contribution in [0.15, 0.2) is 53.3 Å². The molecule has 6 N–H and O–H groups in total. The van der Waals surface area contributed by atoms with E-state index >= 15 is 0 Å². The molecule has 6 rings (SSSR count). The summed E-state index contributed by atoms with van der Waals surface area (Å²) in [6.45, 7) is 3.51.